The third kappa shape index (κ3) is 2.53. The van der Waals surface area contributed by atoms with E-state index in [1.807, 2.05) is 30.8 Å². The molecule has 5 heteroatoms. The van der Waals surface area contributed by atoms with Crippen LogP contribution in [0.2, 0.25) is 0 Å². The summed E-state index contributed by atoms with van der Waals surface area (Å²) in [7, 11) is 1.95. The lowest BCUT2D eigenvalue weighted by Crippen LogP contribution is -2.45. The maximum absolute atomic E-state index is 11.4. The van der Waals surface area contributed by atoms with Gasteiger partial charge in [-0.15, -0.1) is 0 Å². The minimum atomic E-state index is -0.696. The molecule has 2 aromatic rings. The molecule has 1 saturated heterocycles. The van der Waals surface area contributed by atoms with E-state index in [2.05, 4.69) is 22.1 Å². The Bertz CT molecular complexity index is 679. The van der Waals surface area contributed by atoms with Crippen molar-refractivity contribution in [2.75, 3.05) is 13.1 Å². The summed E-state index contributed by atoms with van der Waals surface area (Å²) in [6.07, 6.45) is 1.68. The third-order valence-corrected chi connectivity index (χ3v) is 4.50. The van der Waals surface area contributed by atoms with Crippen molar-refractivity contribution in [3.63, 3.8) is 0 Å². The van der Waals surface area contributed by atoms with E-state index in [1.54, 1.807) is 0 Å². The molecular formula is C16H21N3O2. The Morgan fingerprint density at radius 1 is 1.43 bits per heavy atom. The number of nitrogens with zero attached hydrogens (tertiary/aromatic N) is 3. The summed E-state index contributed by atoms with van der Waals surface area (Å²) in [5, 5.41) is 15.2. The molecule has 3 rings (SSSR count). The minimum Gasteiger partial charge on any atom is -0.481 e. The van der Waals surface area contributed by atoms with Gasteiger partial charge in [0.05, 0.1) is 16.6 Å². The number of aromatic nitrogens is 2. The normalized spacial score (nSPS) is 23.5. The van der Waals surface area contributed by atoms with Crippen molar-refractivity contribution in [3.8, 4) is 0 Å². The largest absolute Gasteiger partial charge is 0.481 e. The van der Waals surface area contributed by atoms with Crippen molar-refractivity contribution in [1.82, 2.24) is 14.7 Å². The number of hydrogen-bond donors (Lipinski definition) is 1. The average Bonchev–Trinajstić information content (AvgIpc) is 2.76. The van der Waals surface area contributed by atoms with Gasteiger partial charge in [-0.25, -0.2) is 0 Å². The number of aryl methyl sites for hydroxylation is 1. The van der Waals surface area contributed by atoms with E-state index in [1.165, 1.54) is 0 Å². The number of carbonyl (C=O) groups is 1. The zero-order valence-corrected chi connectivity index (χ0v) is 12.5. The number of carboxylic acid groups (broad SMARTS) is 1. The smallest absolute Gasteiger partial charge is 0.310 e. The van der Waals surface area contributed by atoms with Crippen LogP contribution in [0.15, 0.2) is 24.3 Å². The summed E-state index contributed by atoms with van der Waals surface area (Å²) in [4.78, 5) is 13.7. The van der Waals surface area contributed by atoms with Crippen molar-refractivity contribution in [2.24, 2.45) is 12.5 Å². The summed E-state index contributed by atoms with van der Waals surface area (Å²) < 4.78 is 1.89. The molecule has 0 radical (unpaired) electrons. The highest BCUT2D eigenvalue weighted by Crippen LogP contribution is 2.31. The van der Waals surface area contributed by atoms with Crippen molar-refractivity contribution in [1.29, 1.82) is 0 Å². The van der Waals surface area contributed by atoms with E-state index in [0.717, 1.165) is 36.0 Å². The van der Waals surface area contributed by atoms with Crippen LogP contribution in [0.1, 0.15) is 25.5 Å². The maximum Gasteiger partial charge on any atom is 0.310 e. The molecule has 1 atom stereocenters. The summed E-state index contributed by atoms with van der Waals surface area (Å²) >= 11 is 0. The highest BCUT2D eigenvalue weighted by Gasteiger charge is 2.37. The Balaban J connectivity index is 1.84. The van der Waals surface area contributed by atoms with Gasteiger partial charge in [0.15, 0.2) is 0 Å². The number of piperidine rings is 1. The first-order chi connectivity index (χ1) is 9.99. The fourth-order valence-electron chi connectivity index (χ4n) is 3.27. The lowest BCUT2D eigenvalue weighted by molar-refractivity contribution is -0.151. The Hall–Kier alpha value is -1.88. The molecule has 0 saturated carbocycles. The van der Waals surface area contributed by atoms with E-state index in [9.17, 15) is 9.90 Å². The molecule has 0 amide bonds. The van der Waals surface area contributed by atoms with Gasteiger partial charge in [0.25, 0.3) is 0 Å². The first kappa shape index (κ1) is 14.1. The van der Waals surface area contributed by atoms with Crippen LogP contribution in [0.25, 0.3) is 10.9 Å². The number of carboxylic acids is 1. The van der Waals surface area contributed by atoms with Crippen LogP contribution in [-0.2, 0) is 18.4 Å². The van der Waals surface area contributed by atoms with E-state index < -0.39 is 11.4 Å². The number of aliphatic carboxylic acids is 1. The molecule has 1 aliphatic rings. The predicted octanol–water partition coefficient (Wildman–Crippen LogP) is 2.26. The van der Waals surface area contributed by atoms with Gasteiger partial charge >= 0.3 is 5.97 Å². The van der Waals surface area contributed by atoms with Crippen LogP contribution in [-0.4, -0.2) is 38.8 Å². The minimum absolute atomic E-state index is 0.591. The molecule has 1 aromatic carbocycles. The van der Waals surface area contributed by atoms with Crippen LogP contribution in [0.3, 0.4) is 0 Å². The van der Waals surface area contributed by atoms with E-state index in [0.29, 0.717) is 13.1 Å². The fourth-order valence-corrected chi connectivity index (χ4v) is 3.27. The number of para-hydroxylation sites is 1. The lowest BCUT2D eigenvalue weighted by atomic mass is 9.82. The van der Waals surface area contributed by atoms with Crippen molar-refractivity contribution >= 4 is 16.9 Å². The first-order valence-corrected chi connectivity index (χ1v) is 7.36. The van der Waals surface area contributed by atoms with Gasteiger partial charge in [0, 0.05) is 25.5 Å². The van der Waals surface area contributed by atoms with Gasteiger partial charge in [-0.2, -0.15) is 5.10 Å². The second kappa shape index (κ2) is 5.15. The lowest BCUT2D eigenvalue weighted by Gasteiger charge is -2.37. The number of rotatable bonds is 3. The Morgan fingerprint density at radius 2 is 2.19 bits per heavy atom. The molecule has 1 N–H and O–H groups in total. The van der Waals surface area contributed by atoms with E-state index >= 15 is 0 Å². The summed E-state index contributed by atoms with van der Waals surface area (Å²) in [5.74, 6) is -0.696. The molecule has 2 heterocycles. The number of benzene rings is 1. The van der Waals surface area contributed by atoms with Crippen molar-refractivity contribution < 1.29 is 9.90 Å². The molecule has 1 aliphatic heterocycles. The second-order valence-electron chi connectivity index (χ2n) is 6.27. The average molecular weight is 287 g/mol. The predicted molar refractivity (Wildman–Crippen MR) is 81.0 cm³/mol. The van der Waals surface area contributed by atoms with Crippen molar-refractivity contribution in [3.05, 3.63) is 30.0 Å². The molecule has 5 nitrogen and oxygen atoms in total. The molecule has 0 bridgehead atoms. The van der Waals surface area contributed by atoms with E-state index in [-0.39, 0.29) is 0 Å². The zero-order chi connectivity index (χ0) is 15.0. The van der Waals surface area contributed by atoms with Gasteiger partial charge in [-0.05, 0) is 32.4 Å². The molecule has 112 valence electrons. The quantitative estimate of drug-likeness (QED) is 0.940. The molecule has 0 aliphatic carbocycles. The number of hydrogen-bond acceptors (Lipinski definition) is 3. The standard InChI is InChI=1S/C16H21N3O2/c1-16(15(20)21)8-5-9-19(11-16)10-13-12-6-3-4-7-14(12)18(2)17-13/h3-4,6-7H,5,8-11H2,1-2H3,(H,20,21). The van der Waals surface area contributed by atoms with E-state index in [4.69, 9.17) is 0 Å². The van der Waals surface area contributed by atoms with Gasteiger partial charge in [0.2, 0.25) is 0 Å². The van der Waals surface area contributed by atoms with Gasteiger partial charge < -0.3 is 5.11 Å². The monoisotopic (exact) mass is 287 g/mol. The molecule has 1 unspecified atom stereocenters. The zero-order valence-electron chi connectivity index (χ0n) is 12.5. The highest BCUT2D eigenvalue weighted by molar-refractivity contribution is 5.81. The number of fused-ring (bicyclic) bond motifs is 1. The van der Waals surface area contributed by atoms with Gasteiger partial charge in [-0.3, -0.25) is 14.4 Å². The Labute approximate surface area is 124 Å². The van der Waals surface area contributed by atoms with Crippen LogP contribution in [0.5, 0.6) is 0 Å². The Morgan fingerprint density at radius 3 is 2.95 bits per heavy atom. The summed E-state index contributed by atoms with van der Waals surface area (Å²) in [5.41, 5.74) is 1.51. The molecule has 1 aromatic heterocycles. The van der Waals surface area contributed by atoms with Crippen LogP contribution < -0.4 is 0 Å². The maximum atomic E-state index is 11.4. The van der Waals surface area contributed by atoms with Crippen molar-refractivity contribution in [2.45, 2.75) is 26.3 Å². The Kier molecular flexibility index (Phi) is 3.45. The van der Waals surface area contributed by atoms with Gasteiger partial charge in [-0.1, -0.05) is 18.2 Å². The van der Waals surface area contributed by atoms with Crippen LogP contribution in [0, 0.1) is 5.41 Å². The third-order valence-electron chi connectivity index (χ3n) is 4.50. The molecule has 0 spiro atoms. The van der Waals surface area contributed by atoms with Crippen LogP contribution >= 0.6 is 0 Å². The first-order valence-electron chi connectivity index (χ1n) is 7.36. The summed E-state index contributed by atoms with van der Waals surface area (Å²) in [6, 6.07) is 8.17. The van der Waals surface area contributed by atoms with Gasteiger partial charge in [0.1, 0.15) is 0 Å². The molecule has 1 fully saturated rings. The SMILES string of the molecule is Cn1nc(CN2CCCC(C)(C(=O)O)C2)c2ccccc21. The highest BCUT2D eigenvalue weighted by atomic mass is 16.4. The number of likely N-dealkylation sites (tertiary alicyclic amines) is 1. The molecular weight excluding hydrogens is 266 g/mol. The second-order valence-corrected chi connectivity index (χ2v) is 6.27. The topological polar surface area (TPSA) is 58.4 Å². The molecule has 21 heavy (non-hydrogen) atoms. The fraction of sp³-hybridized carbons (Fsp3) is 0.500. The van der Waals surface area contributed by atoms with Crippen LogP contribution in [0.4, 0.5) is 0 Å². The summed E-state index contributed by atoms with van der Waals surface area (Å²) in [6.45, 7) is 4.09.